The third-order valence-electron chi connectivity index (χ3n) is 2.79. The molecule has 1 fully saturated rings. The fourth-order valence-corrected chi connectivity index (χ4v) is 1.53. The number of aliphatic hydroxyl groups is 1. The maximum Gasteiger partial charge on any atom is 0.245 e. The van der Waals surface area contributed by atoms with Crippen molar-refractivity contribution in [2.75, 3.05) is 20.1 Å². The summed E-state index contributed by atoms with van der Waals surface area (Å²) in [5, 5.41) is 9.12. The molecule has 86 valence electrons. The van der Waals surface area contributed by atoms with Gasteiger partial charge in [0.15, 0.2) is 0 Å². The molecule has 1 aliphatic rings. The van der Waals surface area contributed by atoms with E-state index in [1.807, 2.05) is 0 Å². The van der Waals surface area contributed by atoms with E-state index in [1.165, 1.54) is 9.80 Å². The van der Waals surface area contributed by atoms with E-state index >= 15 is 0 Å². The van der Waals surface area contributed by atoms with Gasteiger partial charge >= 0.3 is 0 Å². The van der Waals surface area contributed by atoms with Crippen molar-refractivity contribution in [3.63, 3.8) is 0 Å². The number of nitrogens with zero attached hydrogens (tertiary/aromatic N) is 2. The molecule has 0 spiro atoms. The van der Waals surface area contributed by atoms with Gasteiger partial charge in [-0.15, -0.1) is 0 Å². The van der Waals surface area contributed by atoms with Gasteiger partial charge in [-0.2, -0.15) is 0 Å². The summed E-state index contributed by atoms with van der Waals surface area (Å²) in [7, 11) is 1.64. The van der Waals surface area contributed by atoms with E-state index in [9.17, 15) is 9.59 Å². The minimum absolute atomic E-state index is 0.0437. The van der Waals surface area contributed by atoms with Gasteiger partial charge in [-0.25, -0.2) is 0 Å². The highest BCUT2D eigenvalue weighted by molar-refractivity contribution is 5.94. The Hall–Kier alpha value is -1.10. The highest BCUT2D eigenvalue weighted by Crippen LogP contribution is 2.11. The van der Waals surface area contributed by atoms with Crippen LogP contribution in [0.2, 0.25) is 0 Å². The van der Waals surface area contributed by atoms with Crippen LogP contribution in [-0.4, -0.2) is 59.0 Å². The van der Waals surface area contributed by atoms with E-state index in [0.29, 0.717) is 13.0 Å². The topological polar surface area (TPSA) is 60.9 Å². The third kappa shape index (κ3) is 2.68. The van der Waals surface area contributed by atoms with Gasteiger partial charge in [0.1, 0.15) is 6.04 Å². The maximum atomic E-state index is 11.7. The smallest absolute Gasteiger partial charge is 0.245 e. The van der Waals surface area contributed by atoms with Gasteiger partial charge in [0.05, 0.1) is 12.6 Å². The monoisotopic (exact) mass is 214 g/mol. The number of amides is 2. The number of carbonyl (C=O) groups excluding carboxylic acids is 2. The predicted octanol–water partition coefficient (Wildman–Crippen LogP) is -0.554. The first-order chi connectivity index (χ1) is 6.93. The molecular weight excluding hydrogens is 196 g/mol. The second kappa shape index (κ2) is 4.61. The van der Waals surface area contributed by atoms with Gasteiger partial charge < -0.3 is 14.9 Å². The molecule has 2 unspecified atom stereocenters. The van der Waals surface area contributed by atoms with Gasteiger partial charge in [-0.05, 0) is 20.3 Å². The quantitative estimate of drug-likeness (QED) is 0.685. The molecule has 15 heavy (non-hydrogen) atoms. The Bertz CT molecular complexity index is 265. The van der Waals surface area contributed by atoms with Crippen molar-refractivity contribution in [1.82, 2.24) is 9.80 Å². The molecule has 0 aromatic heterocycles. The van der Waals surface area contributed by atoms with Gasteiger partial charge in [0.25, 0.3) is 0 Å². The molecule has 2 amide bonds. The Labute approximate surface area is 89.7 Å². The minimum Gasteiger partial charge on any atom is -0.393 e. The average molecular weight is 214 g/mol. The second-order valence-corrected chi connectivity index (χ2v) is 4.08. The molecule has 0 radical (unpaired) electrons. The zero-order valence-electron chi connectivity index (χ0n) is 9.43. The number of carbonyl (C=O) groups is 2. The Balaban J connectivity index is 2.59. The number of likely N-dealkylation sites (N-methyl/N-ethyl adjacent to an activating group) is 1. The standard InChI is InChI=1S/C10H18N2O3/c1-7(13)4-5-12-6-9(14)11(3)8(2)10(12)15/h7-8,13H,4-6H2,1-3H3. The number of rotatable bonds is 3. The van der Waals surface area contributed by atoms with Crippen LogP contribution in [0.25, 0.3) is 0 Å². The van der Waals surface area contributed by atoms with Crippen molar-refractivity contribution in [2.24, 2.45) is 0 Å². The Morgan fingerprint density at radius 3 is 2.67 bits per heavy atom. The van der Waals surface area contributed by atoms with Crippen LogP contribution >= 0.6 is 0 Å². The van der Waals surface area contributed by atoms with Crippen molar-refractivity contribution >= 4 is 11.8 Å². The molecule has 0 aromatic rings. The summed E-state index contributed by atoms with van der Waals surface area (Å²) >= 11 is 0. The Kier molecular flexibility index (Phi) is 3.68. The molecule has 1 aliphatic heterocycles. The van der Waals surface area contributed by atoms with Gasteiger partial charge in [-0.1, -0.05) is 0 Å². The van der Waals surface area contributed by atoms with E-state index in [1.54, 1.807) is 20.9 Å². The van der Waals surface area contributed by atoms with E-state index in [0.717, 1.165) is 0 Å². The SMILES string of the molecule is CC(O)CCN1CC(=O)N(C)C(C)C1=O. The summed E-state index contributed by atoms with van der Waals surface area (Å²) in [5.74, 6) is -0.0922. The summed E-state index contributed by atoms with van der Waals surface area (Å²) < 4.78 is 0. The Morgan fingerprint density at radius 2 is 2.13 bits per heavy atom. The molecule has 0 aliphatic carbocycles. The highest BCUT2D eigenvalue weighted by Gasteiger charge is 2.33. The normalized spacial score (nSPS) is 24.7. The molecular formula is C10H18N2O3. The first-order valence-corrected chi connectivity index (χ1v) is 5.16. The van der Waals surface area contributed by atoms with Gasteiger partial charge in [0.2, 0.25) is 11.8 Å². The van der Waals surface area contributed by atoms with Crippen LogP contribution in [0, 0.1) is 0 Å². The van der Waals surface area contributed by atoms with Crippen LogP contribution in [0.5, 0.6) is 0 Å². The van der Waals surface area contributed by atoms with Crippen LogP contribution in [0.15, 0.2) is 0 Å². The lowest BCUT2D eigenvalue weighted by atomic mass is 10.1. The molecule has 0 saturated carbocycles. The molecule has 5 heteroatoms. The van der Waals surface area contributed by atoms with Gasteiger partial charge in [0, 0.05) is 13.6 Å². The van der Waals surface area contributed by atoms with Crippen molar-refractivity contribution in [2.45, 2.75) is 32.4 Å². The summed E-state index contributed by atoms with van der Waals surface area (Å²) in [5.41, 5.74) is 0. The zero-order chi connectivity index (χ0) is 11.6. The number of aliphatic hydroxyl groups excluding tert-OH is 1. The molecule has 1 rings (SSSR count). The summed E-state index contributed by atoms with van der Waals surface area (Å²) in [6.07, 6.45) is 0.0676. The zero-order valence-corrected chi connectivity index (χ0v) is 9.43. The summed E-state index contributed by atoms with van der Waals surface area (Å²) in [6, 6.07) is -0.389. The Morgan fingerprint density at radius 1 is 1.53 bits per heavy atom. The van der Waals surface area contributed by atoms with Gasteiger partial charge in [-0.3, -0.25) is 9.59 Å². The molecule has 0 bridgehead atoms. The minimum atomic E-state index is -0.442. The summed E-state index contributed by atoms with van der Waals surface area (Å²) in [6.45, 7) is 3.97. The average Bonchev–Trinajstić information content (AvgIpc) is 2.18. The summed E-state index contributed by atoms with van der Waals surface area (Å²) in [4.78, 5) is 26.2. The molecule has 1 N–H and O–H groups in total. The van der Waals surface area contributed by atoms with Crippen molar-refractivity contribution in [3.8, 4) is 0 Å². The van der Waals surface area contributed by atoms with Crippen molar-refractivity contribution in [1.29, 1.82) is 0 Å². The third-order valence-corrected chi connectivity index (χ3v) is 2.79. The first kappa shape index (κ1) is 12.0. The number of piperazine rings is 1. The predicted molar refractivity (Wildman–Crippen MR) is 55.1 cm³/mol. The van der Waals surface area contributed by atoms with E-state index in [4.69, 9.17) is 5.11 Å². The second-order valence-electron chi connectivity index (χ2n) is 4.08. The largest absolute Gasteiger partial charge is 0.393 e. The van der Waals surface area contributed by atoms with Crippen LogP contribution in [0.3, 0.4) is 0 Å². The van der Waals surface area contributed by atoms with E-state index in [2.05, 4.69) is 0 Å². The maximum absolute atomic E-state index is 11.7. The van der Waals surface area contributed by atoms with E-state index in [-0.39, 0.29) is 24.4 Å². The van der Waals surface area contributed by atoms with Crippen molar-refractivity contribution in [3.05, 3.63) is 0 Å². The lowest BCUT2D eigenvalue weighted by Gasteiger charge is -2.36. The van der Waals surface area contributed by atoms with E-state index < -0.39 is 6.10 Å². The molecule has 1 heterocycles. The van der Waals surface area contributed by atoms with Crippen molar-refractivity contribution < 1.29 is 14.7 Å². The first-order valence-electron chi connectivity index (χ1n) is 5.16. The fraction of sp³-hybridized carbons (Fsp3) is 0.800. The molecule has 2 atom stereocenters. The molecule has 0 aromatic carbocycles. The lowest BCUT2D eigenvalue weighted by Crippen LogP contribution is -2.57. The van der Waals surface area contributed by atoms with Crippen LogP contribution in [-0.2, 0) is 9.59 Å². The number of hydrogen-bond donors (Lipinski definition) is 1. The molecule has 1 saturated heterocycles. The fourth-order valence-electron chi connectivity index (χ4n) is 1.53. The highest BCUT2D eigenvalue weighted by atomic mass is 16.3. The van der Waals surface area contributed by atoms with Crippen LogP contribution < -0.4 is 0 Å². The number of hydrogen-bond acceptors (Lipinski definition) is 3. The lowest BCUT2D eigenvalue weighted by molar-refractivity contribution is -0.153. The van der Waals surface area contributed by atoms with Crippen LogP contribution in [0.4, 0.5) is 0 Å². The van der Waals surface area contributed by atoms with Crippen LogP contribution in [0.1, 0.15) is 20.3 Å². The molecule has 5 nitrogen and oxygen atoms in total.